The highest BCUT2D eigenvalue weighted by Gasteiger charge is 2.08. The first-order valence-corrected chi connectivity index (χ1v) is 6.84. The molecule has 2 N–H and O–H groups in total. The van der Waals surface area contributed by atoms with Gasteiger partial charge in [-0.1, -0.05) is 24.3 Å². The number of rotatable bonds is 5. The molecule has 0 heterocycles. The smallest absolute Gasteiger partial charge is 0.137 e. The number of halogens is 2. The molecule has 0 bridgehead atoms. The molecule has 4 heteroatoms. The lowest BCUT2D eigenvalue weighted by Crippen LogP contribution is -2.06. The SMILES string of the molecule is NCCc1cccc(Br)c1OCc1cccc(F)c1. The molecule has 0 unspecified atom stereocenters. The molecule has 2 aromatic carbocycles. The van der Waals surface area contributed by atoms with Crippen molar-refractivity contribution in [2.45, 2.75) is 13.0 Å². The van der Waals surface area contributed by atoms with Crippen LogP contribution in [0.1, 0.15) is 11.1 Å². The van der Waals surface area contributed by atoms with E-state index in [9.17, 15) is 4.39 Å². The van der Waals surface area contributed by atoms with E-state index < -0.39 is 0 Å². The van der Waals surface area contributed by atoms with Crippen molar-refractivity contribution in [2.75, 3.05) is 6.54 Å². The van der Waals surface area contributed by atoms with E-state index in [0.29, 0.717) is 13.2 Å². The first-order valence-electron chi connectivity index (χ1n) is 6.05. The summed E-state index contributed by atoms with van der Waals surface area (Å²) in [4.78, 5) is 0. The molecule has 0 atom stereocenters. The summed E-state index contributed by atoms with van der Waals surface area (Å²) in [5, 5.41) is 0. The molecule has 0 fully saturated rings. The van der Waals surface area contributed by atoms with Gasteiger partial charge in [-0.05, 0) is 58.2 Å². The minimum atomic E-state index is -0.254. The Balaban J connectivity index is 2.14. The van der Waals surface area contributed by atoms with Gasteiger partial charge in [0.2, 0.25) is 0 Å². The molecule has 0 saturated carbocycles. The van der Waals surface area contributed by atoms with Gasteiger partial charge >= 0.3 is 0 Å². The van der Waals surface area contributed by atoms with Crippen LogP contribution in [0.5, 0.6) is 5.75 Å². The zero-order valence-corrected chi connectivity index (χ0v) is 12.0. The molecule has 19 heavy (non-hydrogen) atoms. The molecule has 0 aliphatic carbocycles. The molecule has 2 rings (SSSR count). The maximum absolute atomic E-state index is 13.1. The van der Waals surface area contributed by atoms with Crippen LogP contribution in [0.25, 0.3) is 0 Å². The predicted molar refractivity (Wildman–Crippen MR) is 77.6 cm³/mol. The Kier molecular flexibility index (Phi) is 4.93. The lowest BCUT2D eigenvalue weighted by atomic mass is 10.1. The van der Waals surface area contributed by atoms with Gasteiger partial charge in [-0.2, -0.15) is 0 Å². The van der Waals surface area contributed by atoms with E-state index >= 15 is 0 Å². The van der Waals surface area contributed by atoms with Crippen molar-refractivity contribution in [3.05, 3.63) is 63.9 Å². The fraction of sp³-hybridized carbons (Fsp3) is 0.200. The monoisotopic (exact) mass is 323 g/mol. The summed E-state index contributed by atoms with van der Waals surface area (Å²) >= 11 is 3.47. The number of para-hydroxylation sites is 1. The molecule has 100 valence electrons. The highest BCUT2D eigenvalue weighted by atomic mass is 79.9. The lowest BCUT2D eigenvalue weighted by Gasteiger charge is -2.13. The second-order valence-corrected chi connectivity index (χ2v) is 5.04. The average molecular weight is 324 g/mol. The standard InChI is InChI=1S/C15H15BrFNO/c16-14-6-2-4-12(7-8-18)15(14)19-10-11-3-1-5-13(17)9-11/h1-6,9H,7-8,10,18H2. The molecule has 0 spiro atoms. The minimum Gasteiger partial charge on any atom is -0.487 e. The van der Waals surface area contributed by atoms with Crippen LogP contribution in [0, 0.1) is 5.82 Å². The molecule has 0 aliphatic rings. The van der Waals surface area contributed by atoms with Gasteiger partial charge < -0.3 is 10.5 Å². The summed E-state index contributed by atoms with van der Waals surface area (Å²) in [5.41, 5.74) is 7.44. The zero-order valence-electron chi connectivity index (χ0n) is 10.4. The van der Waals surface area contributed by atoms with Gasteiger partial charge in [-0.3, -0.25) is 0 Å². The van der Waals surface area contributed by atoms with Gasteiger partial charge in [0.15, 0.2) is 0 Å². The zero-order chi connectivity index (χ0) is 13.7. The fourth-order valence-electron chi connectivity index (χ4n) is 1.85. The molecule has 0 aromatic heterocycles. The molecule has 2 aromatic rings. The Morgan fingerprint density at radius 2 is 1.95 bits per heavy atom. The molecule has 0 radical (unpaired) electrons. The van der Waals surface area contributed by atoms with Crippen molar-refractivity contribution >= 4 is 15.9 Å². The van der Waals surface area contributed by atoms with Gasteiger partial charge in [-0.15, -0.1) is 0 Å². The first kappa shape index (κ1) is 14.0. The Bertz CT molecular complexity index is 560. The van der Waals surface area contributed by atoms with Gasteiger partial charge in [0.05, 0.1) is 4.47 Å². The molecule has 0 saturated heterocycles. The topological polar surface area (TPSA) is 35.2 Å². The number of ether oxygens (including phenoxy) is 1. The third-order valence-electron chi connectivity index (χ3n) is 2.73. The Morgan fingerprint density at radius 3 is 2.68 bits per heavy atom. The maximum Gasteiger partial charge on any atom is 0.137 e. The largest absolute Gasteiger partial charge is 0.487 e. The molecular weight excluding hydrogens is 309 g/mol. The molecular formula is C15H15BrFNO. The summed E-state index contributed by atoms with van der Waals surface area (Å²) in [5.74, 6) is 0.521. The second kappa shape index (κ2) is 6.68. The summed E-state index contributed by atoms with van der Waals surface area (Å²) in [6.07, 6.45) is 0.748. The maximum atomic E-state index is 13.1. The summed E-state index contributed by atoms with van der Waals surface area (Å²) in [6, 6.07) is 12.3. The summed E-state index contributed by atoms with van der Waals surface area (Å²) in [6.45, 7) is 0.894. The summed E-state index contributed by atoms with van der Waals surface area (Å²) < 4.78 is 19.8. The second-order valence-electron chi connectivity index (χ2n) is 4.19. The average Bonchev–Trinajstić information content (AvgIpc) is 2.38. The van der Waals surface area contributed by atoms with Crippen LogP contribution in [-0.2, 0) is 13.0 Å². The van der Waals surface area contributed by atoms with Crippen molar-refractivity contribution in [3.63, 3.8) is 0 Å². The third kappa shape index (κ3) is 3.78. The van der Waals surface area contributed by atoms with E-state index in [0.717, 1.165) is 27.8 Å². The van der Waals surface area contributed by atoms with E-state index in [2.05, 4.69) is 15.9 Å². The van der Waals surface area contributed by atoms with Crippen LogP contribution >= 0.6 is 15.9 Å². The van der Waals surface area contributed by atoms with Crippen LogP contribution in [0.2, 0.25) is 0 Å². The van der Waals surface area contributed by atoms with E-state index in [-0.39, 0.29) is 5.82 Å². The Labute approximate surface area is 120 Å². The van der Waals surface area contributed by atoms with E-state index in [4.69, 9.17) is 10.5 Å². The number of hydrogen-bond donors (Lipinski definition) is 1. The Morgan fingerprint density at radius 1 is 1.16 bits per heavy atom. The fourth-order valence-corrected chi connectivity index (χ4v) is 2.37. The van der Waals surface area contributed by atoms with Gasteiger partial charge in [-0.25, -0.2) is 4.39 Å². The van der Waals surface area contributed by atoms with Crippen molar-refractivity contribution in [1.82, 2.24) is 0 Å². The van der Waals surface area contributed by atoms with Crippen LogP contribution in [0.4, 0.5) is 4.39 Å². The lowest BCUT2D eigenvalue weighted by molar-refractivity contribution is 0.300. The summed E-state index contributed by atoms with van der Waals surface area (Å²) in [7, 11) is 0. The van der Waals surface area contributed by atoms with Crippen LogP contribution in [-0.4, -0.2) is 6.54 Å². The minimum absolute atomic E-state index is 0.254. The van der Waals surface area contributed by atoms with Crippen molar-refractivity contribution < 1.29 is 9.13 Å². The van der Waals surface area contributed by atoms with Crippen LogP contribution in [0.15, 0.2) is 46.9 Å². The van der Waals surface area contributed by atoms with Crippen molar-refractivity contribution in [3.8, 4) is 5.75 Å². The first-order chi connectivity index (χ1) is 9.20. The predicted octanol–water partition coefficient (Wildman–Crippen LogP) is 3.67. The number of benzene rings is 2. The Hall–Kier alpha value is -1.39. The normalized spacial score (nSPS) is 10.5. The van der Waals surface area contributed by atoms with Crippen LogP contribution < -0.4 is 10.5 Å². The van der Waals surface area contributed by atoms with E-state index in [1.807, 2.05) is 24.3 Å². The molecule has 0 amide bonds. The van der Waals surface area contributed by atoms with E-state index in [1.165, 1.54) is 12.1 Å². The molecule has 0 aliphatic heterocycles. The number of nitrogens with two attached hydrogens (primary N) is 1. The highest BCUT2D eigenvalue weighted by Crippen LogP contribution is 2.30. The van der Waals surface area contributed by atoms with Crippen LogP contribution in [0.3, 0.4) is 0 Å². The molecule has 2 nitrogen and oxygen atoms in total. The third-order valence-corrected chi connectivity index (χ3v) is 3.36. The van der Waals surface area contributed by atoms with Gasteiger partial charge in [0, 0.05) is 0 Å². The quantitative estimate of drug-likeness (QED) is 0.911. The van der Waals surface area contributed by atoms with E-state index in [1.54, 1.807) is 6.07 Å². The highest BCUT2D eigenvalue weighted by molar-refractivity contribution is 9.10. The van der Waals surface area contributed by atoms with Crippen molar-refractivity contribution in [2.24, 2.45) is 5.73 Å². The number of hydrogen-bond acceptors (Lipinski definition) is 2. The van der Waals surface area contributed by atoms with Gasteiger partial charge in [0.1, 0.15) is 18.2 Å². The van der Waals surface area contributed by atoms with Gasteiger partial charge in [0.25, 0.3) is 0 Å². The van der Waals surface area contributed by atoms with Crippen molar-refractivity contribution in [1.29, 1.82) is 0 Å².